The molecule has 0 aliphatic carbocycles. The molecule has 0 saturated carbocycles. The first-order chi connectivity index (χ1) is 11.1. The van der Waals surface area contributed by atoms with Crippen molar-refractivity contribution in [2.45, 2.75) is 18.9 Å². The molecule has 2 aromatic rings. The maximum absolute atomic E-state index is 12.6. The third-order valence-corrected chi connectivity index (χ3v) is 5.22. The van der Waals surface area contributed by atoms with Crippen molar-refractivity contribution in [3.63, 3.8) is 0 Å². The minimum absolute atomic E-state index is 0.0202. The highest BCUT2D eigenvalue weighted by Gasteiger charge is 2.28. The lowest BCUT2D eigenvalue weighted by molar-refractivity contribution is -0.140. The minimum Gasteiger partial charge on any atom is -0.481 e. The number of carbonyl (C=O) groups excluding carboxylic acids is 1. The maximum Gasteiger partial charge on any atom is 0.305 e. The van der Waals surface area contributed by atoms with E-state index in [1.165, 1.54) is 0 Å². The van der Waals surface area contributed by atoms with Crippen LogP contribution in [0.4, 0.5) is 0 Å². The molecule has 5 heteroatoms. The van der Waals surface area contributed by atoms with Gasteiger partial charge in [0.2, 0.25) is 5.91 Å². The van der Waals surface area contributed by atoms with E-state index in [4.69, 9.17) is 5.11 Å². The second-order valence-electron chi connectivity index (χ2n) is 5.77. The minimum atomic E-state index is -0.846. The van der Waals surface area contributed by atoms with Gasteiger partial charge in [-0.05, 0) is 16.3 Å². The second-order valence-corrected chi connectivity index (χ2v) is 6.92. The number of fused-ring (bicyclic) bond motifs is 1. The Balaban J connectivity index is 1.74. The fourth-order valence-corrected chi connectivity index (χ4v) is 4.04. The van der Waals surface area contributed by atoms with Gasteiger partial charge < -0.3 is 10.0 Å². The molecule has 0 spiro atoms. The molecule has 2 aromatic carbocycles. The maximum atomic E-state index is 12.6. The van der Waals surface area contributed by atoms with Gasteiger partial charge in [-0.1, -0.05) is 42.5 Å². The zero-order valence-electron chi connectivity index (χ0n) is 12.8. The number of thioether (sulfide) groups is 1. The van der Waals surface area contributed by atoms with Gasteiger partial charge in [-0.15, -0.1) is 0 Å². The smallest absolute Gasteiger partial charge is 0.305 e. The number of benzene rings is 2. The van der Waals surface area contributed by atoms with Crippen LogP contribution in [-0.4, -0.2) is 46.0 Å². The fourth-order valence-electron chi connectivity index (χ4n) is 2.98. The van der Waals surface area contributed by atoms with E-state index in [0.29, 0.717) is 18.7 Å². The summed E-state index contributed by atoms with van der Waals surface area (Å²) in [5, 5.41) is 11.3. The molecule has 23 heavy (non-hydrogen) atoms. The summed E-state index contributed by atoms with van der Waals surface area (Å²) in [6.45, 7) is 0.634. The summed E-state index contributed by atoms with van der Waals surface area (Å²) < 4.78 is 0. The number of hydrogen-bond donors (Lipinski definition) is 1. The highest BCUT2D eigenvalue weighted by atomic mass is 32.2. The molecular formula is C18H19NO3S. The molecule has 1 atom stereocenters. The van der Waals surface area contributed by atoms with Crippen LogP contribution in [0.25, 0.3) is 10.8 Å². The number of amides is 1. The molecule has 0 radical (unpaired) electrons. The van der Waals surface area contributed by atoms with Crippen LogP contribution in [0.1, 0.15) is 12.0 Å². The molecule has 120 valence electrons. The molecular weight excluding hydrogens is 310 g/mol. The van der Waals surface area contributed by atoms with Crippen molar-refractivity contribution in [3.05, 3.63) is 48.0 Å². The Morgan fingerprint density at radius 2 is 1.96 bits per heavy atom. The third-order valence-electron chi connectivity index (χ3n) is 4.13. The molecule has 1 heterocycles. The lowest BCUT2D eigenvalue weighted by Crippen LogP contribution is -2.47. The van der Waals surface area contributed by atoms with Crippen LogP contribution in [0.15, 0.2) is 42.5 Å². The summed E-state index contributed by atoms with van der Waals surface area (Å²) in [7, 11) is 0. The van der Waals surface area contributed by atoms with Crippen molar-refractivity contribution >= 4 is 34.4 Å². The molecule has 1 fully saturated rings. The van der Waals surface area contributed by atoms with Crippen molar-refractivity contribution < 1.29 is 14.7 Å². The lowest BCUT2D eigenvalue weighted by atomic mass is 10.0. The number of nitrogens with zero attached hydrogens (tertiary/aromatic N) is 1. The Hall–Kier alpha value is -2.01. The average molecular weight is 329 g/mol. The largest absolute Gasteiger partial charge is 0.481 e. The Kier molecular flexibility index (Phi) is 4.86. The summed E-state index contributed by atoms with van der Waals surface area (Å²) in [4.78, 5) is 25.4. The van der Waals surface area contributed by atoms with Gasteiger partial charge in [0.15, 0.2) is 0 Å². The number of carboxylic acids is 1. The van der Waals surface area contributed by atoms with E-state index in [0.717, 1.165) is 22.1 Å². The predicted octanol–water partition coefficient (Wildman–Crippen LogP) is 2.80. The van der Waals surface area contributed by atoms with Gasteiger partial charge >= 0.3 is 5.97 Å². The SMILES string of the molecule is O=C(O)CC1CSCCN1C(=O)Cc1ccc2ccccc2c1. The van der Waals surface area contributed by atoms with Crippen molar-refractivity contribution in [3.8, 4) is 0 Å². The normalized spacial score (nSPS) is 18.1. The Bertz CT molecular complexity index is 731. The summed E-state index contributed by atoms with van der Waals surface area (Å²) in [5.41, 5.74) is 0.973. The van der Waals surface area contributed by atoms with Crippen LogP contribution in [0.2, 0.25) is 0 Å². The predicted molar refractivity (Wildman–Crippen MR) is 92.7 cm³/mol. The van der Waals surface area contributed by atoms with Gasteiger partial charge in [-0.2, -0.15) is 11.8 Å². The average Bonchev–Trinajstić information content (AvgIpc) is 2.54. The van der Waals surface area contributed by atoms with Crippen LogP contribution >= 0.6 is 11.8 Å². The quantitative estimate of drug-likeness (QED) is 0.937. The van der Waals surface area contributed by atoms with Gasteiger partial charge in [0.1, 0.15) is 0 Å². The van der Waals surface area contributed by atoms with E-state index in [-0.39, 0.29) is 18.4 Å². The summed E-state index contributed by atoms with van der Waals surface area (Å²) >= 11 is 1.72. The van der Waals surface area contributed by atoms with E-state index in [2.05, 4.69) is 0 Å². The van der Waals surface area contributed by atoms with Gasteiger partial charge in [-0.25, -0.2) is 0 Å². The van der Waals surface area contributed by atoms with Gasteiger partial charge in [0, 0.05) is 18.1 Å². The van der Waals surface area contributed by atoms with Crippen molar-refractivity contribution in [2.75, 3.05) is 18.1 Å². The molecule has 4 nitrogen and oxygen atoms in total. The van der Waals surface area contributed by atoms with Gasteiger partial charge in [0.25, 0.3) is 0 Å². The van der Waals surface area contributed by atoms with Crippen LogP contribution in [-0.2, 0) is 16.0 Å². The number of rotatable bonds is 4. The monoisotopic (exact) mass is 329 g/mol. The third kappa shape index (κ3) is 3.85. The van der Waals surface area contributed by atoms with E-state index in [1.807, 2.05) is 42.5 Å². The molecule has 1 amide bonds. The van der Waals surface area contributed by atoms with E-state index in [9.17, 15) is 9.59 Å². The zero-order chi connectivity index (χ0) is 16.2. The highest BCUT2D eigenvalue weighted by Crippen LogP contribution is 2.21. The van der Waals surface area contributed by atoms with Crippen molar-refractivity contribution in [1.82, 2.24) is 4.90 Å². The zero-order valence-corrected chi connectivity index (χ0v) is 13.6. The lowest BCUT2D eigenvalue weighted by Gasteiger charge is -2.34. The Labute approximate surface area is 139 Å². The molecule has 1 saturated heterocycles. The summed E-state index contributed by atoms with van der Waals surface area (Å²) in [6, 6.07) is 13.9. The first-order valence-corrected chi connectivity index (χ1v) is 8.85. The van der Waals surface area contributed by atoms with Crippen LogP contribution < -0.4 is 0 Å². The van der Waals surface area contributed by atoms with Gasteiger partial charge in [0.05, 0.1) is 18.9 Å². The first kappa shape index (κ1) is 15.9. The topological polar surface area (TPSA) is 57.6 Å². The number of carboxylic acid groups (broad SMARTS) is 1. The second kappa shape index (κ2) is 7.04. The standard InChI is InChI=1S/C18H19NO3S/c20-17(19-7-8-23-12-16(19)11-18(21)22)10-13-5-6-14-3-1-2-4-15(14)9-13/h1-6,9,16H,7-8,10-12H2,(H,21,22). The number of hydrogen-bond acceptors (Lipinski definition) is 3. The molecule has 1 aliphatic rings. The van der Waals surface area contributed by atoms with Gasteiger partial charge in [-0.3, -0.25) is 9.59 Å². The molecule has 3 rings (SSSR count). The number of aliphatic carboxylic acids is 1. The molecule has 1 unspecified atom stereocenters. The molecule has 0 aromatic heterocycles. The van der Waals surface area contributed by atoms with Crippen LogP contribution in [0.5, 0.6) is 0 Å². The molecule has 0 bridgehead atoms. The van der Waals surface area contributed by atoms with Crippen molar-refractivity contribution in [2.24, 2.45) is 0 Å². The van der Waals surface area contributed by atoms with E-state index < -0.39 is 5.97 Å². The fraction of sp³-hybridized carbons (Fsp3) is 0.333. The molecule has 1 N–H and O–H groups in total. The summed E-state index contributed by atoms with van der Waals surface area (Å²) in [5.74, 6) is 0.753. The van der Waals surface area contributed by atoms with Crippen molar-refractivity contribution in [1.29, 1.82) is 0 Å². The Morgan fingerprint density at radius 1 is 1.17 bits per heavy atom. The summed E-state index contributed by atoms with van der Waals surface area (Å²) in [6.07, 6.45) is 0.349. The number of carbonyl (C=O) groups is 2. The van der Waals surface area contributed by atoms with E-state index >= 15 is 0 Å². The van der Waals surface area contributed by atoms with E-state index in [1.54, 1.807) is 16.7 Å². The van der Waals surface area contributed by atoms with Crippen LogP contribution in [0.3, 0.4) is 0 Å². The first-order valence-electron chi connectivity index (χ1n) is 7.70. The highest BCUT2D eigenvalue weighted by molar-refractivity contribution is 7.99. The molecule has 1 aliphatic heterocycles. The van der Waals surface area contributed by atoms with Crippen LogP contribution in [0, 0.1) is 0 Å². The Morgan fingerprint density at radius 3 is 2.74 bits per heavy atom.